The third-order valence-corrected chi connectivity index (χ3v) is 8.85. The number of fused-ring (bicyclic) bond motifs is 2. The second-order valence-corrected chi connectivity index (χ2v) is 12.0. The van der Waals surface area contributed by atoms with E-state index in [1.165, 1.54) is 66.6 Å². The van der Waals surface area contributed by atoms with E-state index >= 15 is 0 Å². The molecule has 0 aliphatic rings. The molecule has 7 rings (SSSR count). The van der Waals surface area contributed by atoms with E-state index in [9.17, 15) is 0 Å². The molecule has 194 valence electrons. The summed E-state index contributed by atoms with van der Waals surface area (Å²) in [6.45, 7) is 0. The fraction of sp³-hybridized carbons (Fsp3) is 0.0556. The number of aromatic nitrogens is 2. The van der Waals surface area contributed by atoms with Crippen molar-refractivity contribution in [3.63, 3.8) is 0 Å². The zero-order valence-electron chi connectivity index (χ0n) is 22.2. The molecule has 4 heteroatoms. The van der Waals surface area contributed by atoms with Gasteiger partial charge in [-0.05, 0) is 52.6 Å². The number of aryl methyl sites for hydroxylation is 2. The minimum absolute atomic E-state index is 1.08. The van der Waals surface area contributed by atoms with E-state index in [0.717, 1.165) is 8.95 Å². The van der Waals surface area contributed by atoms with E-state index in [1.54, 1.807) is 0 Å². The fourth-order valence-electron chi connectivity index (χ4n) is 6.10. The molecule has 0 fully saturated rings. The molecule has 0 saturated heterocycles. The quantitative estimate of drug-likeness (QED) is 0.180. The Labute approximate surface area is 250 Å². The summed E-state index contributed by atoms with van der Waals surface area (Å²) >= 11 is 7.39. The molecule has 2 heterocycles. The van der Waals surface area contributed by atoms with E-state index in [2.05, 4.69) is 176 Å². The molecule has 0 aliphatic heterocycles. The number of rotatable bonds is 4. The van der Waals surface area contributed by atoms with Crippen LogP contribution in [0.3, 0.4) is 0 Å². The summed E-state index contributed by atoms with van der Waals surface area (Å²) in [7, 11) is 4.35. The molecule has 40 heavy (non-hydrogen) atoms. The number of nitrogens with zero attached hydrogens (tertiary/aromatic N) is 2. The van der Waals surface area contributed by atoms with E-state index in [4.69, 9.17) is 0 Å². The predicted octanol–water partition coefficient (Wildman–Crippen LogP) is 10.9. The Morgan fingerprint density at radius 2 is 0.825 bits per heavy atom. The molecule has 2 aromatic heterocycles. The Balaban J connectivity index is 1.52. The average molecular weight is 646 g/mol. The summed E-state index contributed by atoms with van der Waals surface area (Å²) < 4.78 is 6.82. The largest absolute Gasteiger partial charge is 0.343 e. The molecule has 0 amide bonds. The standard InChI is InChI=1S/C36H26Br2N2/c1-39-31-21-27(37)16-18-29(31)33(23-10-5-3-6-11-23)35(39)25-14-9-15-26(20-25)36-34(24-12-7-4-8-13-24)30-19-17-28(38)22-32(30)40(36)2/h3-22H,1-2H3. The minimum Gasteiger partial charge on any atom is -0.343 e. The van der Waals surface area contributed by atoms with Gasteiger partial charge in [-0.2, -0.15) is 0 Å². The van der Waals surface area contributed by atoms with Gasteiger partial charge < -0.3 is 9.13 Å². The average Bonchev–Trinajstić information content (AvgIpc) is 3.44. The van der Waals surface area contributed by atoms with Crippen molar-refractivity contribution in [1.29, 1.82) is 0 Å². The Morgan fingerprint density at radius 3 is 1.25 bits per heavy atom. The maximum atomic E-state index is 3.70. The van der Waals surface area contributed by atoms with Crippen molar-refractivity contribution in [3.05, 3.63) is 130 Å². The second kappa shape index (κ2) is 9.96. The molecule has 0 unspecified atom stereocenters. The molecule has 0 atom stereocenters. The lowest BCUT2D eigenvalue weighted by molar-refractivity contribution is 0.974. The molecule has 0 radical (unpaired) electrons. The first-order valence-electron chi connectivity index (χ1n) is 13.3. The highest BCUT2D eigenvalue weighted by Crippen LogP contribution is 2.45. The lowest BCUT2D eigenvalue weighted by Crippen LogP contribution is -1.96. The zero-order chi connectivity index (χ0) is 27.4. The Kier molecular flexibility index (Phi) is 6.25. The van der Waals surface area contributed by atoms with Gasteiger partial charge in [-0.1, -0.05) is 123 Å². The van der Waals surface area contributed by atoms with Crippen LogP contribution in [0.2, 0.25) is 0 Å². The van der Waals surface area contributed by atoms with Crippen molar-refractivity contribution in [2.45, 2.75) is 0 Å². The predicted molar refractivity (Wildman–Crippen MR) is 177 cm³/mol. The van der Waals surface area contributed by atoms with Crippen molar-refractivity contribution < 1.29 is 0 Å². The molecule has 0 saturated carbocycles. The molecular weight excluding hydrogens is 620 g/mol. The van der Waals surface area contributed by atoms with Crippen LogP contribution in [0.25, 0.3) is 66.6 Å². The Morgan fingerprint density at radius 1 is 0.425 bits per heavy atom. The monoisotopic (exact) mass is 644 g/mol. The van der Waals surface area contributed by atoms with Crippen LogP contribution in [0.4, 0.5) is 0 Å². The first-order chi connectivity index (χ1) is 19.5. The Hall–Kier alpha value is -3.86. The highest BCUT2D eigenvalue weighted by Gasteiger charge is 2.22. The van der Waals surface area contributed by atoms with Gasteiger partial charge in [-0.15, -0.1) is 0 Å². The van der Waals surface area contributed by atoms with E-state index in [-0.39, 0.29) is 0 Å². The number of hydrogen-bond acceptors (Lipinski definition) is 0. The summed E-state index contributed by atoms with van der Waals surface area (Å²) in [5.74, 6) is 0. The smallest absolute Gasteiger partial charge is 0.0568 e. The van der Waals surface area contributed by atoms with Crippen LogP contribution in [-0.4, -0.2) is 9.13 Å². The Bertz CT molecular complexity index is 1890. The van der Waals surface area contributed by atoms with Crippen LogP contribution in [-0.2, 0) is 14.1 Å². The van der Waals surface area contributed by atoms with Gasteiger partial charge in [0.2, 0.25) is 0 Å². The van der Waals surface area contributed by atoms with Crippen LogP contribution in [0.1, 0.15) is 0 Å². The van der Waals surface area contributed by atoms with Crippen molar-refractivity contribution >= 4 is 53.7 Å². The lowest BCUT2D eigenvalue weighted by Gasteiger charge is -2.13. The third-order valence-electron chi connectivity index (χ3n) is 7.86. The highest BCUT2D eigenvalue weighted by molar-refractivity contribution is 9.10. The maximum absolute atomic E-state index is 3.70. The zero-order valence-corrected chi connectivity index (χ0v) is 25.4. The van der Waals surface area contributed by atoms with E-state index in [0.29, 0.717) is 0 Å². The normalized spacial score (nSPS) is 11.5. The summed E-state index contributed by atoms with van der Waals surface area (Å²) in [4.78, 5) is 0. The molecule has 0 spiro atoms. The molecule has 0 aliphatic carbocycles. The fourth-order valence-corrected chi connectivity index (χ4v) is 6.80. The first kappa shape index (κ1) is 25.1. The summed E-state index contributed by atoms with van der Waals surface area (Å²) in [6.07, 6.45) is 0. The van der Waals surface area contributed by atoms with Gasteiger partial charge >= 0.3 is 0 Å². The summed E-state index contributed by atoms with van der Waals surface area (Å²) in [5, 5.41) is 2.49. The molecular formula is C36H26Br2N2. The van der Waals surface area contributed by atoms with Crippen LogP contribution in [0.5, 0.6) is 0 Å². The van der Waals surface area contributed by atoms with Crippen LogP contribution >= 0.6 is 31.9 Å². The van der Waals surface area contributed by atoms with Crippen molar-refractivity contribution in [2.24, 2.45) is 14.1 Å². The second-order valence-electron chi connectivity index (χ2n) is 10.2. The van der Waals surface area contributed by atoms with Gasteiger partial charge in [-0.25, -0.2) is 0 Å². The summed E-state index contributed by atoms with van der Waals surface area (Å²) in [5.41, 5.74) is 12.2. The van der Waals surface area contributed by atoms with E-state index in [1.807, 2.05) is 0 Å². The maximum Gasteiger partial charge on any atom is 0.0568 e. The molecule has 0 bridgehead atoms. The molecule has 5 aromatic carbocycles. The van der Waals surface area contributed by atoms with Gasteiger partial charge in [-0.3, -0.25) is 0 Å². The van der Waals surface area contributed by atoms with Crippen LogP contribution < -0.4 is 0 Å². The van der Waals surface area contributed by atoms with Crippen LogP contribution in [0.15, 0.2) is 130 Å². The van der Waals surface area contributed by atoms with Gasteiger partial charge in [0.15, 0.2) is 0 Å². The van der Waals surface area contributed by atoms with Gasteiger partial charge in [0.25, 0.3) is 0 Å². The van der Waals surface area contributed by atoms with E-state index < -0.39 is 0 Å². The third kappa shape index (κ3) is 4.06. The highest BCUT2D eigenvalue weighted by atomic mass is 79.9. The van der Waals surface area contributed by atoms with Gasteiger partial charge in [0, 0.05) is 56.0 Å². The van der Waals surface area contributed by atoms with Crippen LogP contribution in [0, 0.1) is 0 Å². The molecule has 7 aromatic rings. The number of benzene rings is 5. The first-order valence-corrected chi connectivity index (χ1v) is 14.9. The molecule has 0 N–H and O–H groups in total. The number of hydrogen-bond donors (Lipinski definition) is 0. The van der Waals surface area contributed by atoms with Gasteiger partial charge in [0.05, 0.1) is 11.4 Å². The topological polar surface area (TPSA) is 9.86 Å². The van der Waals surface area contributed by atoms with Crippen molar-refractivity contribution in [2.75, 3.05) is 0 Å². The minimum atomic E-state index is 1.08. The number of halogens is 2. The van der Waals surface area contributed by atoms with Crippen molar-refractivity contribution in [3.8, 4) is 44.8 Å². The summed E-state index contributed by atoms with van der Waals surface area (Å²) in [6, 6.07) is 43.6. The lowest BCUT2D eigenvalue weighted by atomic mass is 9.95. The van der Waals surface area contributed by atoms with Gasteiger partial charge in [0.1, 0.15) is 0 Å². The molecule has 2 nitrogen and oxygen atoms in total. The van der Waals surface area contributed by atoms with Crippen molar-refractivity contribution in [1.82, 2.24) is 9.13 Å². The SMILES string of the molecule is Cn1c(-c2cccc(-c3c(-c4ccccc4)c4ccc(Br)cc4n3C)c2)c(-c2ccccc2)c2ccc(Br)cc21.